The van der Waals surface area contributed by atoms with Crippen molar-refractivity contribution in [2.75, 3.05) is 5.43 Å². The highest BCUT2D eigenvalue weighted by atomic mass is 35.5. The molecule has 2 atom stereocenters. The quantitative estimate of drug-likeness (QED) is 0.829. The minimum atomic E-state index is -0.155. The molecule has 0 aromatic heterocycles. The minimum absolute atomic E-state index is 0.150. The molecule has 2 unspecified atom stereocenters. The predicted octanol–water partition coefficient (Wildman–Crippen LogP) is 4.00. The highest BCUT2D eigenvalue weighted by molar-refractivity contribution is 6.33. The molecule has 1 aromatic rings. The van der Waals surface area contributed by atoms with Crippen LogP contribution < -0.4 is 10.9 Å². The average molecular weight is 305 g/mol. The normalized spacial score (nSPS) is 42.5. The van der Waals surface area contributed by atoms with E-state index in [1.54, 1.807) is 0 Å². The van der Waals surface area contributed by atoms with Gasteiger partial charge in [-0.1, -0.05) is 37.6 Å². The van der Waals surface area contributed by atoms with Crippen molar-refractivity contribution in [3.63, 3.8) is 0 Å². The van der Waals surface area contributed by atoms with Crippen LogP contribution in [-0.2, 0) is 4.79 Å². The highest BCUT2D eigenvalue weighted by Gasteiger charge is 2.76. The zero-order chi connectivity index (χ0) is 14.9. The van der Waals surface area contributed by atoms with E-state index in [2.05, 4.69) is 24.7 Å². The molecule has 4 aliphatic rings. The zero-order valence-electron chi connectivity index (χ0n) is 12.5. The molecule has 0 spiro atoms. The molecule has 3 nitrogen and oxygen atoms in total. The first-order valence-electron chi connectivity index (χ1n) is 7.70. The number of benzene rings is 1. The summed E-state index contributed by atoms with van der Waals surface area (Å²) in [7, 11) is 0. The molecule has 0 saturated heterocycles. The van der Waals surface area contributed by atoms with Crippen LogP contribution in [0.5, 0.6) is 0 Å². The van der Waals surface area contributed by atoms with Gasteiger partial charge < -0.3 is 0 Å². The second kappa shape index (κ2) is 3.95. The fourth-order valence-corrected chi connectivity index (χ4v) is 5.70. The summed E-state index contributed by atoms with van der Waals surface area (Å²) in [5.74, 6) is 0.706. The van der Waals surface area contributed by atoms with Crippen molar-refractivity contribution in [3.05, 3.63) is 29.3 Å². The molecule has 4 heteroatoms. The molecule has 4 aliphatic carbocycles. The van der Waals surface area contributed by atoms with Crippen LogP contribution in [0.3, 0.4) is 0 Å². The fraction of sp³-hybridized carbons (Fsp3) is 0.588. The van der Waals surface area contributed by atoms with Crippen molar-refractivity contribution in [1.82, 2.24) is 5.43 Å². The Morgan fingerprint density at radius 1 is 1.19 bits per heavy atom. The van der Waals surface area contributed by atoms with Crippen molar-refractivity contribution >= 4 is 23.2 Å². The van der Waals surface area contributed by atoms with Gasteiger partial charge in [0.2, 0.25) is 5.91 Å². The lowest BCUT2D eigenvalue weighted by Crippen LogP contribution is -2.43. The Labute approximate surface area is 130 Å². The lowest BCUT2D eigenvalue weighted by molar-refractivity contribution is -0.131. The van der Waals surface area contributed by atoms with Crippen molar-refractivity contribution in [2.24, 2.45) is 22.2 Å². The Hall–Kier alpha value is -1.22. The largest absolute Gasteiger partial charge is 0.297 e. The summed E-state index contributed by atoms with van der Waals surface area (Å²) in [4.78, 5) is 12.8. The third-order valence-electron chi connectivity index (χ3n) is 6.68. The lowest BCUT2D eigenvalue weighted by Gasteiger charge is -2.33. The van der Waals surface area contributed by atoms with Crippen LogP contribution in [0.15, 0.2) is 24.3 Å². The van der Waals surface area contributed by atoms with E-state index in [-0.39, 0.29) is 11.3 Å². The molecule has 4 fully saturated rings. The summed E-state index contributed by atoms with van der Waals surface area (Å²) < 4.78 is 0. The first-order chi connectivity index (χ1) is 9.89. The molecule has 4 saturated carbocycles. The fourth-order valence-electron chi connectivity index (χ4n) is 5.52. The Kier molecular flexibility index (Phi) is 2.53. The molecular formula is C17H21ClN2O. The van der Waals surface area contributed by atoms with E-state index in [1.807, 2.05) is 24.3 Å². The smallest absolute Gasteiger partial charge is 0.244 e. The van der Waals surface area contributed by atoms with Gasteiger partial charge in [0.1, 0.15) is 0 Å². The number of halogens is 1. The van der Waals surface area contributed by atoms with Gasteiger partial charge in [-0.05, 0) is 54.6 Å². The molecule has 0 heterocycles. The van der Waals surface area contributed by atoms with Crippen molar-refractivity contribution in [2.45, 2.75) is 39.5 Å². The zero-order valence-corrected chi connectivity index (χ0v) is 13.3. The molecule has 5 rings (SSSR count). The minimum Gasteiger partial charge on any atom is -0.297 e. The molecule has 1 aromatic carbocycles. The van der Waals surface area contributed by atoms with Gasteiger partial charge in [-0.15, -0.1) is 0 Å². The second-order valence-electron chi connectivity index (χ2n) is 7.80. The summed E-state index contributed by atoms with van der Waals surface area (Å²) >= 11 is 6.11. The molecule has 0 radical (unpaired) electrons. The molecule has 2 N–H and O–H groups in total. The number of nitrogens with one attached hydrogen (secondary N) is 2. The number of hydrogen-bond donors (Lipinski definition) is 2. The third kappa shape index (κ3) is 1.58. The molecule has 4 bridgehead atoms. The standard InChI is InChI=1S/C17H21ClN2O/c1-15-7-11-8-16(15,2)10-17(11,9-15)14(21)20-19-13-6-4-3-5-12(13)18/h3-6,11,19H,7-10H2,1-2H3,(H,20,21). The van der Waals surface area contributed by atoms with Crippen molar-refractivity contribution in [3.8, 4) is 0 Å². The second-order valence-corrected chi connectivity index (χ2v) is 8.20. The van der Waals surface area contributed by atoms with E-state index in [1.165, 1.54) is 12.8 Å². The van der Waals surface area contributed by atoms with Crippen LogP contribution in [0.2, 0.25) is 5.02 Å². The van der Waals surface area contributed by atoms with E-state index in [0.29, 0.717) is 21.8 Å². The summed E-state index contributed by atoms with van der Waals surface area (Å²) in [6.45, 7) is 4.74. The van der Waals surface area contributed by atoms with Gasteiger partial charge in [0.25, 0.3) is 0 Å². The summed E-state index contributed by atoms with van der Waals surface area (Å²) in [5.41, 5.74) is 7.24. The molecular weight excluding hydrogens is 284 g/mol. The van der Waals surface area contributed by atoms with Crippen molar-refractivity contribution in [1.29, 1.82) is 0 Å². The van der Waals surface area contributed by atoms with E-state index in [9.17, 15) is 4.79 Å². The summed E-state index contributed by atoms with van der Waals surface area (Å²) in [6.07, 6.45) is 4.50. The topological polar surface area (TPSA) is 41.1 Å². The molecule has 112 valence electrons. The first-order valence-corrected chi connectivity index (χ1v) is 8.07. The summed E-state index contributed by atoms with van der Waals surface area (Å²) in [5, 5.41) is 0.620. The van der Waals surface area contributed by atoms with Gasteiger partial charge in [0.15, 0.2) is 0 Å². The van der Waals surface area contributed by atoms with E-state index >= 15 is 0 Å². The van der Waals surface area contributed by atoms with Crippen LogP contribution in [0.4, 0.5) is 5.69 Å². The molecule has 1 amide bonds. The number of hydrogen-bond acceptors (Lipinski definition) is 2. The third-order valence-corrected chi connectivity index (χ3v) is 7.01. The van der Waals surface area contributed by atoms with E-state index in [4.69, 9.17) is 11.6 Å². The Bertz CT molecular complexity index is 611. The highest BCUT2D eigenvalue weighted by Crippen LogP contribution is 2.81. The van der Waals surface area contributed by atoms with Gasteiger partial charge in [0, 0.05) is 0 Å². The first kappa shape index (κ1) is 13.4. The number of rotatable bonds is 3. The van der Waals surface area contributed by atoms with Crippen LogP contribution in [0.1, 0.15) is 39.5 Å². The van der Waals surface area contributed by atoms with E-state index in [0.717, 1.165) is 18.5 Å². The Balaban J connectivity index is 1.52. The molecule has 0 aliphatic heterocycles. The number of anilines is 1. The van der Waals surface area contributed by atoms with Gasteiger partial charge >= 0.3 is 0 Å². The van der Waals surface area contributed by atoms with Crippen LogP contribution in [0, 0.1) is 22.2 Å². The number of amides is 1. The SMILES string of the molecule is CC12CC3CC1(C)CC3(C(=O)NNc1ccccc1Cl)C2. The maximum Gasteiger partial charge on any atom is 0.244 e. The van der Waals surface area contributed by atoms with Gasteiger partial charge in [-0.3, -0.25) is 15.6 Å². The molecule has 21 heavy (non-hydrogen) atoms. The lowest BCUT2D eigenvalue weighted by atomic mass is 9.71. The van der Waals surface area contributed by atoms with Crippen LogP contribution >= 0.6 is 11.6 Å². The monoisotopic (exact) mass is 304 g/mol. The van der Waals surface area contributed by atoms with Gasteiger partial charge in [0.05, 0.1) is 16.1 Å². The maximum absolute atomic E-state index is 12.8. The van der Waals surface area contributed by atoms with Crippen LogP contribution in [0.25, 0.3) is 0 Å². The Morgan fingerprint density at radius 2 is 1.81 bits per heavy atom. The van der Waals surface area contributed by atoms with Crippen LogP contribution in [-0.4, -0.2) is 5.91 Å². The number of carbonyl (C=O) groups excluding carboxylic acids is 1. The number of carbonyl (C=O) groups is 1. The van der Waals surface area contributed by atoms with Gasteiger partial charge in [-0.2, -0.15) is 0 Å². The van der Waals surface area contributed by atoms with E-state index < -0.39 is 0 Å². The predicted molar refractivity (Wildman–Crippen MR) is 83.8 cm³/mol. The van der Waals surface area contributed by atoms with Crippen molar-refractivity contribution < 1.29 is 4.79 Å². The van der Waals surface area contributed by atoms with Gasteiger partial charge in [-0.25, -0.2) is 0 Å². The maximum atomic E-state index is 12.8. The number of hydrazine groups is 1. The number of para-hydroxylation sites is 1. The summed E-state index contributed by atoms with van der Waals surface area (Å²) in [6, 6.07) is 7.46. The Morgan fingerprint density at radius 3 is 2.33 bits per heavy atom. The average Bonchev–Trinajstić information content (AvgIpc) is 3.01.